The Hall–Kier alpha value is -3.64. The zero-order chi connectivity index (χ0) is 23.4. The minimum absolute atomic E-state index is 0.124. The summed E-state index contributed by atoms with van der Waals surface area (Å²) in [6.07, 6.45) is 0. The van der Waals surface area contributed by atoms with Crippen LogP contribution in [-0.4, -0.2) is 32.4 Å². The zero-order valence-electron chi connectivity index (χ0n) is 18.0. The molecule has 0 fully saturated rings. The summed E-state index contributed by atoms with van der Waals surface area (Å²) >= 11 is 0.693. The predicted octanol–water partition coefficient (Wildman–Crippen LogP) is 5.96. The van der Waals surface area contributed by atoms with Crippen molar-refractivity contribution in [1.29, 1.82) is 0 Å². The van der Waals surface area contributed by atoms with Crippen molar-refractivity contribution < 1.29 is 19.7 Å². The van der Waals surface area contributed by atoms with Gasteiger partial charge in [-0.2, -0.15) is 15.1 Å². The van der Waals surface area contributed by atoms with Crippen LogP contribution in [0.1, 0.15) is 11.6 Å². The number of azo groups is 1. The first kappa shape index (κ1) is 22.6. The van der Waals surface area contributed by atoms with Gasteiger partial charge in [-0.3, -0.25) is 0 Å². The summed E-state index contributed by atoms with van der Waals surface area (Å²) in [5.41, 5.74) is 1.41. The Bertz CT molecular complexity index is 1300. The molecule has 0 bridgehead atoms. The number of benzene rings is 3. The third kappa shape index (κ3) is 4.91. The van der Waals surface area contributed by atoms with E-state index in [0.29, 0.717) is 56.7 Å². The molecule has 0 aliphatic heterocycles. The molecule has 0 unspecified atom stereocenters. The maximum Gasteiger partial charge on any atom is 0.233 e. The van der Waals surface area contributed by atoms with Crippen LogP contribution in [0.2, 0.25) is 0 Å². The first-order valence-electron chi connectivity index (χ1n) is 9.81. The van der Waals surface area contributed by atoms with Crippen molar-refractivity contribution >= 4 is 45.8 Å². The van der Waals surface area contributed by atoms with Gasteiger partial charge in [-0.05, 0) is 43.5 Å². The lowest BCUT2D eigenvalue weighted by molar-refractivity contribution is -0.432. The van der Waals surface area contributed by atoms with E-state index >= 15 is 0 Å². The number of phenols is 1. The van der Waals surface area contributed by atoms with Gasteiger partial charge < -0.3 is 10.0 Å². The molecular weight excluding hydrogens is 444 g/mol. The van der Waals surface area contributed by atoms with Gasteiger partial charge >= 0.3 is 0 Å². The fourth-order valence-electron chi connectivity index (χ4n) is 3.33. The van der Waals surface area contributed by atoms with Gasteiger partial charge in [0.25, 0.3) is 0 Å². The smallest absolute Gasteiger partial charge is 0.233 e. The number of nitrogens with zero attached hydrogens (tertiary/aromatic N) is 6. The van der Waals surface area contributed by atoms with Gasteiger partial charge in [0.15, 0.2) is 5.75 Å². The Labute approximate surface area is 193 Å². The molecule has 0 aliphatic rings. The monoisotopic (exact) mass is 464 g/mol. The first-order valence-corrected chi connectivity index (χ1v) is 10.6. The quantitative estimate of drug-likeness (QED) is 0.147. The molecule has 0 saturated carbocycles. The maximum atomic E-state index is 11.3. The second kappa shape index (κ2) is 9.88. The lowest BCUT2D eigenvalue weighted by Gasteiger charge is -2.21. The van der Waals surface area contributed by atoms with Gasteiger partial charge in [-0.15, -0.1) is 9.45 Å². The van der Waals surface area contributed by atoms with Crippen molar-refractivity contribution in [3.8, 4) is 5.75 Å². The van der Waals surface area contributed by atoms with Gasteiger partial charge in [0.1, 0.15) is 17.3 Å². The van der Waals surface area contributed by atoms with Crippen molar-refractivity contribution in [1.82, 2.24) is 15.0 Å². The number of aromatic nitrogens is 3. The molecule has 3 aromatic carbocycles. The van der Waals surface area contributed by atoms with Crippen LogP contribution in [0.4, 0.5) is 23.0 Å². The summed E-state index contributed by atoms with van der Waals surface area (Å²) < 4.78 is 4.61. The molecule has 11 heteroatoms. The summed E-state index contributed by atoms with van der Waals surface area (Å²) in [6.45, 7) is 3.59. The first-order chi connectivity index (χ1) is 16.0. The number of hydrogen-bond donors (Lipinski definition) is 2. The molecule has 0 atom stereocenters. The Morgan fingerprint density at radius 1 is 0.939 bits per heavy atom. The number of fused-ring (bicyclic) bond motifs is 1. The molecule has 33 heavy (non-hydrogen) atoms. The van der Waals surface area contributed by atoms with Gasteiger partial charge in [0.05, 0.1) is 28.3 Å². The maximum absolute atomic E-state index is 11.3. The Morgan fingerprint density at radius 2 is 1.67 bits per heavy atom. The largest absolute Gasteiger partial charge is 0.505 e. The molecule has 0 saturated heterocycles. The van der Waals surface area contributed by atoms with Crippen molar-refractivity contribution in [3.63, 3.8) is 0 Å². The molecule has 0 radical (unpaired) electrons. The van der Waals surface area contributed by atoms with Crippen molar-refractivity contribution in [2.24, 2.45) is 10.2 Å². The Kier molecular flexibility index (Phi) is 6.75. The van der Waals surface area contributed by atoms with Crippen molar-refractivity contribution in [3.05, 3.63) is 66.2 Å². The van der Waals surface area contributed by atoms with Crippen LogP contribution in [0.25, 0.3) is 10.8 Å². The molecule has 0 spiro atoms. The number of aryl methyl sites for hydroxylation is 2. The third-order valence-corrected chi connectivity index (χ3v) is 5.36. The number of rotatable bonds is 7. The van der Waals surface area contributed by atoms with Gasteiger partial charge in [-0.25, -0.2) is 10.2 Å². The van der Waals surface area contributed by atoms with E-state index in [-0.39, 0.29) is 11.4 Å². The van der Waals surface area contributed by atoms with Crippen molar-refractivity contribution in [2.75, 3.05) is 11.9 Å². The van der Waals surface area contributed by atoms with Crippen LogP contribution in [0, 0.1) is 13.8 Å². The second-order valence-electron chi connectivity index (χ2n) is 7.00. The van der Waals surface area contributed by atoms with Crippen LogP contribution in [0.5, 0.6) is 5.75 Å². The highest BCUT2D eigenvalue weighted by Gasteiger charge is 2.20. The highest BCUT2D eigenvalue weighted by molar-refractivity contribution is 7.94. The molecule has 4 rings (SSSR count). The fraction of sp³-hybridized carbons (Fsp3) is 0.136. The van der Waals surface area contributed by atoms with Crippen LogP contribution in [0.15, 0.2) is 69.7 Å². The molecule has 2 N–H and O–H groups in total. The van der Waals surface area contributed by atoms with Gasteiger partial charge in [0, 0.05) is 12.4 Å². The SMILES string of the molecule is Cc1nc(C)nc(N(C)c2cccc3cc(SOOO)c(N=Nc4ccccc4)c(O)c23)n1. The lowest BCUT2D eigenvalue weighted by Crippen LogP contribution is -2.15. The van der Waals surface area contributed by atoms with E-state index in [9.17, 15) is 5.11 Å². The molecule has 0 amide bonds. The minimum Gasteiger partial charge on any atom is -0.505 e. The van der Waals surface area contributed by atoms with E-state index in [2.05, 4.69) is 34.6 Å². The van der Waals surface area contributed by atoms with E-state index in [1.807, 2.05) is 36.4 Å². The summed E-state index contributed by atoms with van der Waals surface area (Å²) in [5, 5.41) is 33.3. The highest BCUT2D eigenvalue weighted by Crippen LogP contribution is 2.47. The van der Waals surface area contributed by atoms with E-state index in [1.165, 1.54) is 0 Å². The topological polar surface area (TPSA) is 126 Å². The summed E-state index contributed by atoms with van der Waals surface area (Å²) in [6, 6.07) is 16.4. The molecule has 10 nitrogen and oxygen atoms in total. The number of aromatic hydroxyl groups is 1. The molecule has 1 aromatic heterocycles. The van der Waals surface area contributed by atoms with Crippen LogP contribution in [-0.2, 0) is 9.37 Å². The number of hydrogen-bond acceptors (Lipinski definition) is 11. The van der Waals surface area contributed by atoms with Gasteiger partial charge in [-0.1, -0.05) is 35.4 Å². The second-order valence-corrected chi connectivity index (χ2v) is 7.74. The summed E-state index contributed by atoms with van der Waals surface area (Å²) in [4.78, 5) is 15.2. The average molecular weight is 465 g/mol. The predicted molar refractivity (Wildman–Crippen MR) is 124 cm³/mol. The molecule has 4 aromatic rings. The zero-order valence-corrected chi connectivity index (χ0v) is 18.8. The number of phenolic OH excluding ortho intramolecular Hbond substituents is 1. The molecular formula is C22H20N6O4S. The van der Waals surface area contributed by atoms with E-state index in [0.717, 1.165) is 0 Å². The van der Waals surface area contributed by atoms with Crippen molar-refractivity contribution in [2.45, 2.75) is 18.7 Å². The normalized spacial score (nSPS) is 11.4. The Morgan fingerprint density at radius 3 is 2.36 bits per heavy atom. The van der Waals surface area contributed by atoms with Crippen LogP contribution < -0.4 is 4.90 Å². The Balaban J connectivity index is 1.88. The van der Waals surface area contributed by atoms with E-state index in [4.69, 9.17) is 5.26 Å². The van der Waals surface area contributed by atoms with Crippen LogP contribution >= 0.6 is 12.0 Å². The summed E-state index contributed by atoms with van der Waals surface area (Å²) in [7, 11) is 1.80. The highest BCUT2D eigenvalue weighted by atomic mass is 32.2. The standard InChI is InChI=1S/C22H20N6O4S/c1-13-23-14(2)25-22(24-13)28(3)17-11-7-8-15-12-18(33-32-31-30)20(21(29)19(15)17)27-26-16-9-5-4-6-10-16/h4-12,29-30H,1-3H3. The number of anilines is 2. The lowest BCUT2D eigenvalue weighted by atomic mass is 10.1. The molecule has 1 heterocycles. The molecule has 168 valence electrons. The summed E-state index contributed by atoms with van der Waals surface area (Å²) in [5.74, 6) is 1.49. The van der Waals surface area contributed by atoms with Gasteiger partial charge in [0.2, 0.25) is 5.95 Å². The third-order valence-electron chi connectivity index (χ3n) is 4.74. The van der Waals surface area contributed by atoms with E-state index in [1.54, 1.807) is 44.0 Å². The minimum atomic E-state index is -0.124. The van der Waals surface area contributed by atoms with Crippen LogP contribution in [0.3, 0.4) is 0 Å². The average Bonchev–Trinajstić information content (AvgIpc) is 2.81. The fourth-order valence-corrected chi connectivity index (χ4v) is 3.83. The molecule has 0 aliphatic carbocycles. The van der Waals surface area contributed by atoms with E-state index < -0.39 is 0 Å².